The molecule has 0 saturated carbocycles. The van der Waals surface area contributed by atoms with Crippen LogP contribution in [0.1, 0.15) is 42.1 Å². The van der Waals surface area contributed by atoms with E-state index in [2.05, 4.69) is 29.1 Å². The molecule has 2 rings (SSSR count). The van der Waals surface area contributed by atoms with Gasteiger partial charge in [0.05, 0.1) is 5.56 Å². The van der Waals surface area contributed by atoms with E-state index in [0.717, 1.165) is 30.6 Å². The predicted octanol–water partition coefficient (Wildman–Crippen LogP) is 3.17. The number of nitrogens with one attached hydrogen (secondary N) is 1. The number of rotatable bonds is 7. The van der Waals surface area contributed by atoms with Gasteiger partial charge in [0, 0.05) is 19.2 Å². The van der Waals surface area contributed by atoms with Crippen LogP contribution in [-0.4, -0.2) is 17.5 Å². The minimum absolute atomic E-state index is 0.221. The zero-order valence-corrected chi connectivity index (χ0v) is 14.4. The Morgan fingerprint density at radius 1 is 1.28 bits per heavy atom. The van der Waals surface area contributed by atoms with E-state index in [0.29, 0.717) is 18.7 Å². The van der Waals surface area contributed by atoms with Crippen LogP contribution in [0.5, 0.6) is 5.75 Å². The molecule has 0 fully saturated rings. The Hall–Kier alpha value is -3.00. The molecule has 1 aromatic heterocycles. The van der Waals surface area contributed by atoms with Gasteiger partial charge in [0.2, 0.25) is 0 Å². The predicted molar refractivity (Wildman–Crippen MR) is 99.1 cm³/mol. The van der Waals surface area contributed by atoms with Gasteiger partial charge < -0.3 is 15.8 Å². The lowest BCUT2D eigenvalue weighted by Crippen LogP contribution is -2.24. The average Bonchev–Trinajstić information content (AvgIpc) is 2.63. The van der Waals surface area contributed by atoms with E-state index < -0.39 is 0 Å². The van der Waals surface area contributed by atoms with E-state index in [4.69, 9.17) is 10.5 Å². The molecule has 0 unspecified atom stereocenters. The molecule has 130 valence electrons. The molecule has 0 aliphatic carbocycles. The molecule has 5 heteroatoms. The van der Waals surface area contributed by atoms with Gasteiger partial charge in [-0.25, -0.2) is 4.98 Å². The Kier molecular flexibility index (Phi) is 7.33. The lowest BCUT2D eigenvalue weighted by molar-refractivity contribution is 0.0951. The van der Waals surface area contributed by atoms with Gasteiger partial charge in [-0.15, -0.1) is 0 Å². The van der Waals surface area contributed by atoms with Crippen LogP contribution in [0.15, 0.2) is 42.6 Å². The SMILES string of the molecule is CCCCC#CCOc1cccc(CNC(=O)c2cccnc2N)c1. The van der Waals surface area contributed by atoms with Gasteiger partial charge in [0.25, 0.3) is 5.91 Å². The molecule has 0 saturated heterocycles. The van der Waals surface area contributed by atoms with E-state index >= 15 is 0 Å². The summed E-state index contributed by atoms with van der Waals surface area (Å²) in [4.78, 5) is 16.1. The van der Waals surface area contributed by atoms with Gasteiger partial charge in [0.1, 0.15) is 18.2 Å². The Morgan fingerprint density at radius 2 is 2.16 bits per heavy atom. The van der Waals surface area contributed by atoms with Crippen molar-refractivity contribution in [1.82, 2.24) is 10.3 Å². The molecule has 1 amide bonds. The number of nitrogen functional groups attached to an aromatic ring is 1. The monoisotopic (exact) mass is 337 g/mol. The molecule has 0 aliphatic rings. The van der Waals surface area contributed by atoms with Crippen LogP contribution in [0, 0.1) is 11.8 Å². The maximum atomic E-state index is 12.1. The number of unbranched alkanes of at least 4 members (excludes halogenated alkanes) is 2. The molecule has 1 aromatic carbocycles. The number of hydrogen-bond donors (Lipinski definition) is 2. The van der Waals surface area contributed by atoms with Crippen LogP contribution in [0.25, 0.3) is 0 Å². The highest BCUT2D eigenvalue weighted by Gasteiger charge is 2.09. The minimum Gasteiger partial charge on any atom is -0.481 e. The molecule has 5 nitrogen and oxygen atoms in total. The largest absolute Gasteiger partial charge is 0.481 e. The van der Waals surface area contributed by atoms with Crippen molar-refractivity contribution in [3.05, 3.63) is 53.7 Å². The molecule has 0 spiro atoms. The summed E-state index contributed by atoms with van der Waals surface area (Å²) in [6.07, 6.45) is 4.72. The highest BCUT2D eigenvalue weighted by molar-refractivity contribution is 5.98. The maximum Gasteiger partial charge on any atom is 0.255 e. The van der Waals surface area contributed by atoms with Crippen molar-refractivity contribution >= 4 is 11.7 Å². The van der Waals surface area contributed by atoms with Crippen molar-refractivity contribution in [2.24, 2.45) is 0 Å². The summed E-state index contributed by atoms with van der Waals surface area (Å²) in [7, 11) is 0. The summed E-state index contributed by atoms with van der Waals surface area (Å²) in [5, 5.41) is 2.83. The smallest absolute Gasteiger partial charge is 0.255 e. The lowest BCUT2D eigenvalue weighted by Gasteiger charge is -2.08. The van der Waals surface area contributed by atoms with Crippen LogP contribution in [0.3, 0.4) is 0 Å². The Morgan fingerprint density at radius 3 is 2.96 bits per heavy atom. The summed E-state index contributed by atoms with van der Waals surface area (Å²) in [5.41, 5.74) is 7.02. The molecular formula is C20H23N3O2. The number of pyridine rings is 1. The molecule has 3 N–H and O–H groups in total. The minimum atomic E-state index is -0.251. The summed E-state index contributed by atoms with van der Waals surface area (Å²) < 4.78 is 5.62. The lowest BCUT2D eigenvalue weighted by atomic mass is 10.2. The molecule has 2 aromatic rings. The Bertz CT molecular complexity index is 763. The van der Waals surface area contributed by atoms with E-state index in [-0.39, 0.29) is 11.7 Å². The number of benzene rings is 1. The third-order valence-electron chi connectivity index (χ3n) is 3.53. The fourth-order valence-electron chi connectivity index (χ4n) is 2.16. The van der Waals surface area contributed by atoms with E-state index in [1.54, 1.807) is 18.3 Å². The van der Waals surface area contributed by atoms with Crippen molar-refractivity contribution in [2.45, 2.75) is 32.7 Å². The summed E-state index contributed by atoms with van der Waals surface area (Å²) in [6, 6.07) is 10.9. The first-order chi connectivity index (χ1) is 12.2. The maximum absolute atomic E-state index is 12.1. The number of amides is 1. The second kappa shape index (κ2) is 9.99. The van der Waals surface area contributed by atoms with E-state index in [9.17, 15) is 4.79 Å². The highest BCUT2D eigenvalue weighted by atomic mass is 16.5. The van der Waals surface area contributed by atoms with Gasteiger partial charge in [-0.3, -0.25) is 4.79 Å². The zero-order chi connectivity index (χ0) is 17.9. The van der Waals surface area contributed by atoms with Gasteiger partial charge in [-0.1, -0.05) is 37.3 Å². The van der Waals surface area contributed by atoms with Crippen molar-refractivity contribution in [2.75, 3.05) is 12.3 Å². The van der Waals surface area contributed by atoms with Crippen molar-refractivity contribution < 1.29 is 9.53 Å². The second-order valence-corrected chi connectivity index (χ2v) is 5.51. The number of nitrogens with zero attached hydrogens (tertiary/aromatic N) is 1. The third-order valence-corrected chi connectivity index (χ3v) is 3.53. The molecule has 0 aliphatic heterocycles. The van der Waals surface area contributed by atoms with Crippen LogP contribution in [-0.2, 0) is 6.54 Å². The first kappa shape index (κ1) is 18.3. The average molecular weight is 337 g/mol. The summed E-state index contributed by atoms with van der Waals surface area (Å²) in [6.45, 7) is 2.89. The molecule has 0 bridgehead atoms. The van der Waals surface area contributed by atoms with E-state index in [1.807, 2.05) is 24.3 Å². The Labute approximate surface area is 148 Å². The number of nitrogens with two attached hydrogens (primary N) is 1. The quantitative estimate of drug-likeness (QED) is 0.601. The number of carbonyl (C=O) groups is 1. The zero-order valence-electron chi connectivity index (χ0n) is 14.4. The summed E-state index contributed by atoms with van der Waals surface area (Å²) in [5.74, 6) is 6.79. The molecule has 0 radical (unpaired) electrons. The molecule has 1 heterocycles. The first-order valence-electron chi connectivity index (χ1n) is 8.37. The number of aromatic nitrogens is 1. The van der Waals surface area contributed by atoms with Gasteiger partial charge in [0.15, 0.2) is 0 Å². The van der Waals surface area contributed by atoms with Crippen molar-refractivity contribution in [1.29, 1.82) is 0 Å². The summed E-state index contributed by atoms with van der Waals surface area (Å²) >= 11 is 0. The normalized spacial score (nSPS) is 9.80. The highest BCUT2D eigenvalue weighted by Crippen LogP contribution is 2.13. The standard InChI is InChI=1S/C20H23N3O2/c1-2-3-4-5-6-13-25-17-10-7-9-16(14-17)15-23-20(24)18-11-8-12-22-19(18)21/h7-12,14H,2-4,13,15H2,1H3,(H2,21,22)(H,23,24). The molecule has 25 heavy (non-hydrogen) atoms. The second-order valence-electron chi connectivity index (χ2n) is 5.51. The van der Waals surface area contributed by atoms with Crippen molar-refractivity contribution in [3.8, 4) is 17.6 Å². The molecule has 0 atom stereocenters. The van der Waals surface area contributed by atoms with Crippen molar-refractivity contribution in [3.63, 3.8) is 0 Å². The van der Waals surface area contributed by atoms with Gasteiger partial charge in [-0.05, 0) is 36.2 Å². The number of ether oxygens (including phenoxy) is 1. The fourth-order valence-corrected chi connectivity index (χ4v) is 2.16. The molecular weight excluding hydrogens is 314 g/mol. The fraction of sp³-hybridized carbons (Fsp3) is 0.300. The third kappa shape index (κ3) is 6.19. The van der Waals surface area contributed by atoms with Crippen LogP contribution >= 0.6 is 0 Å². The topological polar surface area (TPSA) is 77.2 Å². The van der Waals surface area contributed by atoms with Crippen LogP contribution < -0.4 is 15.8 Å². The first-order valence-corrected chi connectivity index (χ1v) is 8.37. The number of hydrogen-bond acceptors (Lipinski definition) is 4. The van der Waals surface area contributed by atoms with E-state index in [1.165, 1.54) is 0 Å². The van der Waals surface area contributed by atoms with Crippen LogP contribution in [0.2, 0.25) is 0 Å². The van der Waals surface area contributed by atoms with Crippen LogP contribution in [0.4, 0.5) is 5.82 Å². The van der Waals surface area contributed by atoms with Gasteiger partial charge in [-0.2, -0.15) is 0 Å². The number of carbonyl (C=O) groups excluding carboxylic acids is 1. The Balaban J connectivity index is 1.85. The number of anilines is 1. The van der Waals surface area contributed by atoms with Gasteiger partial charge >= 0.3 is 0 Å².